The van der Waals surface area contributed by atoms with Gasteiger partial charge >= 0.3 is 12.0 Å². The number of rotatable bonds is 2. The molecule has 0 bridgehead atoms. The van der Waals surface area contributed by atoms with Gasteiger partial charge in [0.25, 0.3) is 0 Å². The van der Waals surface area contributed by atoms with E-state index in [0.29, 0.717) is 0 Å². The van der Waals surface area contributed by atoms with Crippen LogP contribution in [0.2, 0.25) is 0 Å². The SMILES string of the molecule is O=C(O)C1CC(O)CN1C(=O)NC1CCCC1. The number of hydrogen-bond acceptors (Lipinski definition) is 3. The minimum atomic E-state index is -1.05. The number of nitrogens with one attached hydrogen (secondary N) is 1. The van der Waals surface area contributed by atoms with E-state index in [2.05, 4.69) is 5.32 Å². The number of hydrogen-bond donors (Lipinski definition) is 3. The van der Waals surface area contributed by atoms with E-state index < -0.39 is 18.1 Å². The van der Waals surface area contributed by atoms with Gasteiger partial charge in [-0.3, -0.25) is 0 Å². The molecule has 2 unspecified atom stereocenters. The summed E-state index contributed by atoms with van der Waals surface area (Å²) >= 11 is 0. The van der Waals surface area contributed by atoms with Gasteiger partial charge in [-0.25, -0.2) is 9.59 Å². The van der Waals surface area contributed by atoms with E-state index >= 15 is 0 Å². The Bertz CT molecular complexity index is 315. The van der Waals surface area contributed by atoms with Gasteiger partial charge in [-0.1, -0.05) is 12.8 Å². The van der Waals surface area contributed by atoms with Crippen molar-refractivity contribution in [3.8, 4) is 0 Å². The Morgan fingerprint density at radius 3 is 2.47 bits per heavy atom. The predicted octanol–water partition coefficient (Wildman–Crippen LogP) is 0.158. The third-order valence-corrected chi connectivity index (χ3v) is 3.51. The number of β-amino-alcohol motifs (C(OH)–C–C–N with tert-alkyl or cyclic N) is 1. The number of aliphatic hydroxyl groups is 1. The van der Waals surface area contributed by atoms with Crippen molar-refractivity contribution in [2.24, 2.45) is 0 Å². The molecular weight excluding hydrogens is 224 g/mol. The van der Waals surface area contributed by atoms with Gasteiger partial charge in [-0.05, 0) is 12.8 Å². The zero-order valence-corrected chi connectivity index (χ0v) is 9.63. The van der Waals surface area contributed by atoms with Crippen LogP contribution < -0.4 is 5.32 Å². The Balaban J connectivity index is 1.94. The molecule has 2 rings (SSSR count). The smallest absolute Gasteiger partial charge is 0.326 e. The molecule has 1 aliphatic heterocycles. The number of carboxylic acid groups (broad SMARTS) is 1. The second-order valence-corrected chi connectivity index (χ2v) is 4.83. The predicted molar refractivity (Wildman–Crippen MR) is 59.5 cm³/mol. The standard InChI is InChI=1S/C11H18N2O4/c14-8-5-9(10(15)16)13(6-8)11(17)12-7-3-1-2-4-7/h7-9,14H,1-6H2,(H,12,17)(H,15,16). The summed E-state index contributed by atoms with van der Waals surface area (Å²) in [5, 5.41) is 21.3. The van der Waals surface area contributed by atoms with E-state index in [1.54, 1.807) is 0 Å². The van der Waals surface area contributed by atoms with Crippen LogP contribution in [0.25, 0.3) is 0 Å². The molecule has 2 fully saturated rings. The van der Waals surface area contributed by atoms with Crippen LogP contribution in [0, 0.1) is 0 Å². The van der Waals surface area contributed by atoms with Crippen LogP contribution in [-0.4, -0.2) is 51.8 Å². The molecular formula is C11H18N2O4. The molecule has 3 N–H and O–H groups in total. The summed E-state index contributed by atoms with van der Waals surface area (Å²) in [6, 6.07) is -1.10. The molecule has 17 heavy (non-hydrogen) atoms. The molecule has 0 radical (unpaired) electrons. The normalized spacial score (nSPS) is 29.6. The fraction of sp³-hybridized carbons (Fsp3) is 0.818. The van der Waals surface area contributed by atoms with E-state index in [9.17, 15) is 14.7 Å². The summed E-state index contributed by atoms with van der Waals surface area (Å²) in [5.74, 6) is -1.05. The molecule has 1 saturated heterocycles. The van der Waals surface area contributed by atoms with Crippen molar-refractivity contribution >= 4 is 12.0 Å². The number of carbonyl (C=O) groups is 2. The summed E-state index contributed by atoms with van der Waals surface area (Å²) in [6.07, 6.45) is 3.52. The minimum Gasteiger partial charge on any atom is -0.480 e. The second kappa shape index (κ2) is 4.91. The van der Waals surface area contributed by atoms with Crippen LogP contribution in [0.15, 0.2) is 0 Å². The molecule has 0 aromatic heterocycles. The van der Waals surface area contributed by atoms with Crippen molar-refractivity contribution in [1.29, 1.82) is 0 Å². The zero-order chi connectivity index (χ0) is 12.4. The molecule has 6 nitrogen and oxygen atoms in total. The van der Waals surface area contributed by atoms with Gasteiger partial charge < -0.3 is 20.4 Å². The van der Waals surface area contributed by atoms with Crippen LogP contribution in [0.1, 0.15) is 32.1 Å². The van der Waals surface area contributed by atoms with Crippen LogP contribution in [0.3, 0.4) is 0 Å². The van der Waals surface area contributed by atoms with E-state index in [1.165, 1.54) is 4.90 Å². The van der Waals surface area contributed by atoms with Crippen molar-refractivity contribution in [1.82, 2.24) is 10.2 Å². The number of amides is 2. The highest BCUT2D eigenvalue weighted by Crippen LogP contribution is 2.21. The number of likely N-dealkylation sites (tertiary alicyclic amines) is 1. The molecule has 0 spiro atoms. The Morgan fingerprint density at radius 2 is 1.88 bits per heavy atom. The highest BCUT2D eigenvalue weighted by atomic mass is 16.4. The molecule has 2 atom stereocenters. The lowest BCUT2D eigenvalue weighted by molar-refractivity contribution is -0.141. The van der Waals surface area contributed by atoms with Crippen LogP contribution in [-0.2, 0) is 4.79 Å². The first-order valence-electron chi connectivity index (χ1n) is 6.06. The molecule has 2 aliphatic rings. The highest BCUT2D eigenvalue weighted by molar-refractivity contribution is 5.83. The van der Waals surface area contributed by atoms with E-state index in [1.807, 2.05) is 0 Å². The average molecular weight is 242 g/mol. The second-order valence-electron chi connectivity index (χ2n) is 4.83. The van der Waals surface area contributed by atoms with Gasteiger partial charge in [0, 0.05) is 19.0 Å². The summed E-state index contributed by atoms with van der Waals surface area (Å²) < 4.78 is 0. The third-order valence-electron chi connectivity index (χ3n) is 3.51. The van der Waals surface area contributed by atoms with E-state index in [0.717, 1.165) is 25.7 Å². The summed E-state index contributed by atoms with van der Waals surface area (Å²) in [4.78, 5) is 24.1. The lowest BCUT2D eigenvalue weighted by Crippen LogP contribution is -2.48. The zero-order valence-electron chi connectivity index (χ0n) is 9.63. The van der Waals surface area contributed by atoms with Crippen LogP contribution in [0.4, 0.5) is 4.79 Å². The average Bonchev–Trinajstić information content (AvgIpc) is 2.86. The Labute approximate surface area is 99.6 Å². The monoisotopic (exact) mass is 242 g/mol. The van der Waals surface area contributed by atoms with Gasteiger partial charge in [0.05, 0.1) is 6.10 Å². The molecule has 6 heteroatoms. The first-order valence-corrected chi connectivity index (χ1v) is 6.06. The van der Waals surface area contributed by atoms with Gasteiger partial charge in [0.15, 0.2) is 0 Å². The van der Waals surface area contributed by atoms with Crippen molar-refractivity contribution in [3.05, 3.63) is 0 Å². The quantitative estimate of drug-likeness (QED) is 0.643. The lowest BCUT2D eigenvalue weighted by Gasteiger charge is -2.23. The number of aliphatic carboxylic acids is 1. The summed E-state index contributed by atoms with van der Waals surface area (Å²) in [5.41, 5.74) is 0. The highest BCUT2D eigenvalue weighted by Gasteiger charge is 2.39. The van der Waals surface area contributed by atoms with Crippen molar-refractivity contribution in [3.63, 3.8) is 0 Å². The first-order chi connectivity index (χ1) is 8.08. The Hall–Kier alpha value is -1.30. The molecule has 0 aromatic carbocycles. The minimum absolute atomic E-state index is 0.107. The van der Waals surface area contributed by atoms with E-state index in [-0.39, 0.29) is 25.0 Å². The van der Waals surface area contributed by atoms with Gasteiger partial charge in [-0.15, -0.1) is 0 Å². The van der Waals surface area contributed by atoms with Crippen molar-refractivity contribution in [2.75, 3.05) is 6.54 Å². The van der Waals surface area contributed by atoms with Gasteiger partial charge in [-0.2, -0.15) is 0 Å². The molecule has 2 amide bonds. The maximum absolute atomic E-state index is 11.9. The number of nitrogens with zero attached hydrogens (tertiary/aromatic N) is 1. The third kappa shape index (κ3) is 2.69. The topological polar surface area (TPSA) is 89.9 Å². The number of urea groups is 1. The number of carboxylic acids is 1. The molecule has 1 saturated carbocycles. The maximum atomic E-state index is 11.9. The van der Waals surface area contributed by atoms with Gasteiger partial charge in [0.2, 0.25) is 0 Å². The van der Waals surface area contributed by atoms with Crippen LogP contribution >= 0.6 is 0 Å². The lowest BCUT2D eigenvalue weighted by atomic mass is 10.2. The number of aliphatic hydroxyl groups excluding tert-OH is 1. The maximum Gasteiger partial charge on any atom is 0.326 e. The number of carbonyl (C=O) groups excluding carboxylic acids is 1. The molecule has 1 aliphatic carbocycles. The molecule has 96 valence electrons. The molecule has 1 heterocycles. The Kier molecular flexibility index (Phi) is 3.51. The first kappa shape index (κ1) is 12.2. The molecule has 0 aromatic rings. The van der Waals surface area contributed by atoms with E-state index in [4.69, 9.17) is 5.11 Å². The van der Waals surface area contributed by atoms with Crippen molar-refractivity contribution < 1.29 is 19.8 Å². The summed E-state index contributed by atoms with van der Waals surface area (Å²) in [6.45, 7) is 0.107. The summed E-state index contributed by atoms with van der Waals surface area (Å²) in [7, 11) is 0. The fourth-order valence-corrected chi connectivity index (χ4v) is 2.60. The Morgan fingerprint density at radius 1 is 1.24 bits per heavy atom. The van der Waals surface area contributed by atoms with Crippen LogP contribution in [0.5, 0.6) is 0 Å². The van der Waals surface area contributed by atoms with Gasteiger partial charge in [0.1, 0.15) is 6.04 Å². The largest absolute Gasteiger partial charge is 0.480 e. The van der Waals surface area contributed by atoms with Crippen molar-refractivity contribution in [2.45, 2.75) is 50.3 Å². The fourth-order valence-electron chi connectivity index (χ4n) is 2.60.